The van der Waals surface area contributed by atoms with Crippen LogP contribution < -0.4 is 20.9 Å². The molecule has 0 radical (unpaired) electrons. The number of carbonyl (C=O) groups excluding carboxylic acids is 2. The number of nitrogens with one attached hydrogen (secondary N) is 1. The first-order valence-corrected chi connectivity index (χ1v) is 12.8. The second-order valence-corrected chi connectivity index (χ2v) is 9.74. The Morgan fingerprint density at radius 2 is 2.08 bits per heavy atom. The first-order valence-electron chi connectivity index (χ1n) is 12.0. The van der Waals surface area contributed by atoms with E-state index < -0.39 is 12.0 Å². The van der Waals surface area contributed by atoms with E-state index in [9.17, 15) is 9.59 Å². The molecule has 12 heteroatoms. The zero-order valence-corrected chi connectivity index (χ0v) is 21.0. The summed E-state index contributed by atoms with van der Waals surface area (Å²) in [6.07, 6.45) is 5.92. The van der Waals surface area contributed by atoms with Crippen molar-refractivity contribution in [3.63, 3.8) is 0 Å². The summed E-state index contributed by atoms with van der Waals surface area (Å²) in [4.78, 5) is 47.4. The molecule has 0 unspecified atom stereocenters. The Labute approximate surface area is 212 Å². The minimum absolute atomic E-state index is 0.292. The largest absolute Gasteiger partial charge is 0.462 e. The monoisotopic (exact) mass is 508 g/mol. The van der Waals surface area contributed by atoms with Crippen LogP contribution in [0.15, 0.2) is 24.5 Å². The molecule has 188 valence electrons. The van der Waals surface area contributed by atoms with Crippen molar-refractivity contribution in [2.24, 2.45) is 5.73 Å². The number of aryl methyl sites for hydroxylation is 1. The number of nitrogens with zero attached hydrogens (tertiary/aromatic N) is 6. The average Bonchev–Trinajstić information content (AvgIpc) is 3.59. The summed E-state index contributed by atoms with van der Waals surface area (Å²) in [5.41, 5.74) is 8.38. The van der Waals surface area contributed by atoms with Crippen molar-refractivity contribution in [2.75, 3.05) is 34.8 Å². The van der Waals surface area contributed by atoms with Gasteiger partial charge in [0.25, 0.3) is 0 Å². The number of carbonyl (C=O) groups is 2. The number of aromatic nitrogens is 4. The van der Waals surface area contributed by atoms with Crippen LogP contribution in [0, 0.1) is 6.92 Å². The highest BCUT2D eigenvalue weighted by Crippen LogP contribution is 2.38. The molecule has 0 bridgehead atoms. The second-order valence-electron chi connectivity index (χ2n) is 8.74. The Morgan fingerprint density at radius 3 is 2.83 bits per heavy atom. The number of amides is 1. The maximum atomic E-state index is 12.3. The van der Waals surface area contributed by atoms with Gasteiger partial charge in [0, 0.05) is 37.6 Å². The zero-order valence-electron chi connectivity index (χ0n) is 20.2. The molecule has 1 amide bonds. The van der Waals surface area contributed by atoms with Gasteiger partial charge in [-0.1, -0.05) is 17.4 Å². The van der Waals surface area contributed by atoms with E-state index in [2.05, 4.69) is 20.2 Å². The van der Waals surface area contributed by atoms with Gasteiger partial charge in [-0.3, -0.25) is 15.1 Å². The van der Waals surface area contributed by atoms with Gasteiger partial charge < -0.3 is 20.3 Å². The number of esters is 1. The molecule has 1 saturated heterocycles. The molecular formula is C24H28N8O3S. The van der Waals surface area contributed by atoms with Crippen LogP contribution in [-0.2, 0) is 22.5 Å². The lowest BCUT2D eigenvalue weighted by atomic mass is 10.2. The van der Waals surface area contributed by atoms with E-state index in [4.69, 9.17) is 20.4 Å². The van der Waals surface area contributed by atoms with Gasteiger partial charge in [-0.15, -0.1) is 0 Å². The Morgan fingerprint density at radius 1 is 1.25 bits per heavy atom. The van der Waals surface area contributed by atoms with Gasteiger partial charge >= 0.3 is 5.97 Å². The van der Waals surface area contributed by atoms with E-state index >= 15 is 0 Å². The molecule has 5 heterocycles. The first kappa shape index (κ1) is 23.9. The molecule has 36 heavy (non-hydrogen) atoms. The molecule has 0 saturated carbocycles. The zero-order chi connectivity index (χ0) is 25.2. The molecule has 2 aliphatic heterocycles. The van der Waals surface area contributed by atoms with Crippen LogP contribution in [0.5, 0.6) is 0 Å². The molecule has 2 aliphatic rings. The van der Waals surface area contributed by atoms with E-state index in [1.54, 1.807) is 20.0 Å². The van der Waals surface area contributed by atoms with Crippen molar-refractivity contribution in [1.29, 1.82) is 0 Å². The lowest BCUT2D eigenvalue weighted by Gasteiger charge is -2.26. The van der Waals surface area contributed by atoms with E-state index in [0.717, 1.165) is 42.1 Å². The number of nitrogens with two attached hydrogens (primary N) is 1. The second kappa shape index (κ2) is 10.1. The minimum atomic E-state index is -0.403. The molecule has 3 aromatic heterocycles. The first-order chi connectivity index (χ1) is 17.4. The van der Waals surface area contributed by atoms with E-state index in [0.29, 0.717) is 47.8 Å². The van der Waals surface area contributed by atoms with Gasteiger partial charge in [-0.05, 0) is 44.7 Å². The van der Waals surface area contributed by atoms with Gasteiger partial charge in [-0.2, -0.15) is 9.97 Å². The average molecular weight is 509 g/mol. The third kappa shape index (κ3) is 4.68. The Hall–Kier alpha value is -3.80. The van der Waals surface area contributed by atoms with Gasteiger partial charge in [0.15, 0.2) is 5.13 Å². The number of pyridine rings is 1. The maximum Gasteiger partial charge on any atom is 0.350 e. The number of hydrogen-bond acceptors (Lipinski definition) is 11. The highest BCUT2D eigenvalue weighted by atomic mass is 32.1. The number of rotatable bonds is 8. The van der Waals surface area contributed by atoms with Crippen LogP contribution in [0.4, 0.5) is 22.7 Å². The van der Waals surface area contributed by atoms with Crippen LogP contribution in [0.3, 0.4) is 0 Å². The fraction of sp³-hybridized carbons (Fsp3) is 0.417. The van der Waals surface area contributed by atoms with Crippen molar-refractivity contribution in [2.45, 2.75) is 45.7 Å². The molecule has 0 spiro atoms. The predicted molar refractivity (Wildman–Crippen MR) is 137 cm³/mol. The van der Waals surface area contributed by atoms with Crippen molar-refractivity contribution in [1.82, 2.24) is 19.9 Å². The Kier molecular flexibility index (Phi) is 6.68. The van der Waals surface area contributed by atoms with Crippen molar-refractivity contribution < 1.29 is 14.3 Å². The van der Waals surface area contributed by atoms with E-state index in [1.807, 2.05) is 23.2 Å². The fourth-order valence-electron chi connectivity index (χ4n) is 4.71. The maximum absolute atomic E-state index is 12.3. The van der Waals surface area contributed by atoms with Crippen LogP contribution >= 0.6 is 11.3 Å². The predicted octanol–water partition coefficient (Wildman–Crippen LogP) is 2.57. The van der Waals surface area contributed by atoms with Gasteiger partial charge in [0.05, 0.1) is 12.3 Å². The normalized spacial score (nSPS) is 16.8. The molecule has 1 atom stereocenters. The van der Waals surface area contributed by atoms with Crippen molar-refractivity contribution >= 4 is 45.9 Å². The van der Waals surface area contributed by atoms with Crippen LogP contribution in [0.2, 0.25) is 0 Å². The number of ether oxygens (including phenoxy) is 1. The molecule has 0 aliphatic carbocycles. The number of fused-ring (bicyclic) bond motifs is 1. The quantitative estimate of drug-likeness (QED) is 0.436. The molecule has 0 aromatic carbocycles. The summed E-state index contributed by atoms with van der Waals surface area (Å²) >= 11 is 1.20. The third-order valence-electron chi connectivity index (χ3n) is 6.32. The number of anilines is 4. The van der Waals surface area contributed by atoms with Crippen LogP contribution in [0.25, 0.3) is 0 Å². The van der Waals surface area contributed by atoms with Crippen LogP contribution in [0.1, 0.15) is 46.3 Å². The molecule has 3 N–H and O–H groups in total. The van der Waals surface area contributed by atoms with Gasteiger partial charge in [0.2, 0.25) is 11.9 Å². The summed E-state index contributed by atoms with van der Waals surface area (Å²) in [7, 11) is 0. The molecule has 1 fully saturated rings. The highest BCUT2D eigenvalue weighted by Gasteiger charge is 2.35. The number of thiazole rings is 1. The fourth-order valence-corrected chi connectivity index (χ4v) is 5.56. The smallest absolute Gasteiger partial charge is 0.350 e. The summed E-state index contributed by atoms with van der Waals surface area (Å²) in [6.45, 7) is 5.94. The Bertz CT molecular complexity index is 1280. The topological polar surface area (TPSA) is 139 Å². The van der Waals surface area contributed by atoms with Crippen molar-refractivity contribution in [3.05, 3.63) is 46.2 Å². The summed E-state index contributed by atoms with van der Waals surface area (Å²) < 4.78 is 5.13. The molecule has 5 rings (SSSR count). The third-order valence-corrected chi connectivity index (χ3v) is 7.37. The Balaban J connectivity index is 1.51. The van der Waals surface area contributed by atoms with E-state index in [-0.39, 0.29) is 5.91 Å². The lowest BCUT2D eigenvalue weighted by molar-refractivity contribution is -0.119. The number of primary amides is 1. The van der Waals surface area contributed by atoms with Gasteiger partial charge in [0.1, 0.15) is 22.6 Å². The summed E-state index contributed by atoms with van der Waals surface area (Å²) in [6, 6.07) is 3.55. The SMILES string of the molecule is CCOC(=O)c1sc(Nc2nc3c(c(N4CCC[C@@H]4C(N)=O)n2)CCN3Cc2cccnc2)nc1C. The lowest BCUT2D eigenvalue weighted by Crippen LogP contribution is -2.41. The summed E-state index contributed by atoms with van der Waals surface area (Å²) in [5.74, 6) is 1.12. The minimum Gasteiger partial charge on any atom is -0.462 e. The number of hydrogen-bond donors (Lipinski definition) is 2. The van der Waals surface area contributed by atoms with Crippen LogP contribution in [-0.4, -0.2) is 57.6 Å². The van der Waals surface area contributed by atoms with Gasteiger partial charge in [-0.25, -0.2) is 9.78 Å². The molecular weight excluding hydrogens is 480 g/mol. The summed E-state index contributed by atoms with van der Waals surface area (Å²) in [5, 5.41) is 3.67. The molecule has 3 aromatic rings. The molecule has 11 nitrogen and oxygen atoms in total. The standard InChI is InChI=1S/C24H28N8O3S/c1-3-35-22(34)18-14(2)27-24(36-18)30-23-28-20-16(8-11-31(20)13-15-6-4-9-26-12-15)21(29-23)32-10-5-7-17(32)19(25)33/h4,6,9,12,17H,3,5,7-8,10-11,13H2,1-2H3,(H2,25,33)(H,27,28,29,30)/t17-/m1/s1. The van der Waals surface area contributed by atoms with E-state index in [1.165, 1.54) is 11.3 Å². The van der Waals surface area contributed by atoms with Crippen molar-refractivity contribution in [3.8, 4) is 0 Å². The highest BCUT2D eigenvalue weighted by molar-refractivity contribution is 7.17.